The molecule has 1 amide bonds. The van der Waals surface area contributed by atoms with E-state index in [1.165, 1.54) is 29.1 Å². The number of hydrogen-bond donors (Lipinski definition) is 1. The topological polar surface area (TPSA) is 81.8 Å². The summed E-state index contributed by atoms with van der Waals surface area (Å²) >= 11 is 0. The normalized spacial score (nSPS) is 18.7. The van der Waals surface area contributed by atoms with Crippen LogP contribution in [-0.4, -0.2) is 31.5 Å². The van der Waals surface area contributed by atoms with Crippen LogP contribution in [0.25, 0.3) is 16.9 Å². The van der Waals surface area contributed by atoms with E-state index in [0.717, 1.165) is 36.1 Å². The Morgan fingerprint density at radius 3 is 2.47 bits per heavy atom. The maximum atomic E-state index is 13.1. The molecule has 10 heteroatoms. The van der Waals surface area contributed by atoms with E-state index in [1.54, 1.807) is 13.2 Å². The average molecular weight is 445 g/mol. The molecule has 1 aliphatic carbocycles. The number of aromatic nitrogens is 4. The molecular weight excluding hydrogens is 423 g/mol. The van der Waals surface area contributed by atoms with Gasteiger partial charge in [0.15, 0.2) is 0 Å². The summed E-state index contributed by atoms with van der Waals surface area (Å²) < 4.78 is 41.3. The van der Waals surface area contributed by atoms with Crippen LogP contribution in [0.4, 0.5) is 13.2 Å². The van der Waals surface area contributed by atoms with Crippen molar-refractivity contribution in [3.63, 3.8) is 0 Å². The van der Waals surface area contributed by atoms with E-state index in [4.69, 9.17) is 0 Å². The molecule has 0 spiro atoms. The zero-order valence-corrected chi connectivity index (χ0v) is 17.6. The molecule has 0 radical (unpaired) electrons. The predicted molar refractivity (Wildman–Crippen MR) is 111 cm³/mol. The van der Waals surface area contributed by atoms with E-state index in [-0.39, 0.29) is 17.3 Å². The third-order valence-electron chi connectivity index (χ3n) is 5.78. The van der Waals surface area contributed by atoms with Crippen molar-refractivity contribution in [1.82, 2.24) is 24.9 Å². The second-order valence-corrected chi connectivity index (χ2v) is 8.10. The molecule has 1 fully saturated rings. The van der Waals surface area contributed by atoms with Crippen LogP contribution in [0.1, 0.15) is 42.1 Å². The number of hydrogen-bond acceptors (Lipinski definition) is 4. The highest BCUT2D eigenvalue weighted by Crippen LogP contribution is 2.31. The summed E-state index contributed by atoms with van der Waals surface area (Å²) in [5.74, 6) is -0.224. The molecule has 1 N–H and O–H groups in total. The highest BCUT2D eigenvalue weighted by atomic mass is 19.4. The van der Waals surface area contributed by atoms with E-state index in [2.05, 4.69) is 15.5 Å². The van der Waals surface area contributed by atoms with Crippen LogP contribution in [0.5, 0.6) is 0 Å². The standard InChI is InChI=1S/C22H22F3N5O2/c1-13-4-3-5-18(13)27-20(31)17-10-19(14-6-8-15(9-7-14)22(23,24)25)28-30(21(17)32)16-11-26-29(2)12-16/h6-13,18H,3-5H2,1-2H3,(H,27,31)/t13-,18-/m1/s1. The smallest absolute Gasteiger partial charge is 0.349 e. The first-order valence-corrected chi connectivity index (χ1v) is 10.3. The number of carbonyl (C=O) groups excluding carboxylic acids is 1. The van der Waals surface area contributed by atoms with Gasteiger partial charge >= 0.3 is 6.18 Å². The molecule has 2 heterocycles. The van der Waals surface area contributed by atoms with Gasteiger partial charge in [-0.1, -0.05) is 25.5 Å². The molecule has 168 valence electrons. The fraction of sp³-hybridized carbons (Fsp3) is 0.364. The third kappa shape index (κ3) is 4.30. The SMILES string of the molecule is C[C@@H]1CCC[C@H]1NC(=O)c1cc(-c2ccc(C(F)(F)F)cc2)nn(-c2cnn(C)c2)c1=O. The summed E-state index contributed by atoms with van der Waals surface area (Å²) in [4.78, 5) is 26.1. The first-order valence-electron chi connectivity index (χ1n) is 10.3. The number of benzene rings is 1. The summed E-state index contributed by atoms with van der Waals surface area (Å²) in [6.45, 7) is 2.05. The lowest BCUT2D eigenvalue weighted by molar-refractivity contribution is -0.137. The molecule has 1 aromatic carbocycles. The van der Waals surface area contributed by atoms with Crippen molar-refractivity contribution in [2.75, 3.05) is 0 Å². The third-order valence-corrected chi connectivity index (χ3v) is 5.78. The van der Waals surface area contributed by atoms with Gasteiger partial charge in [-0.05, 0) is 37.0 Å². The fourth-order valence-corrected chi connectivity index (χ4v) is 3.93. The first-order chi connectivity index (χ1) is 15.1. The number of alkyl halides is 3. The minimum atomic E-state index is -4.47. The Bertz CT molecular complexity index is 1200. The van der Waals surface area contributed by atoms with Crippen molar-refractivity contribution in [2.45, 2.75) is 38.4 Å². The van der Waals surface area contributed by atoms with Crippen LogP contribution in [0, 0.1) is 5.92 Å². The minimum Gasteiger partial charge on any atom is -0.349 e. The van der Waals surface area contributed by atoms with E-state index >= 15 is 0 Å². The Kier molecular flexibility index (Phi) is 5.62. The van der Waals surface area contributed by atoms with Gasteiger partial charge in [-0.15, -0.1) is 0 Å². The van der Waals surface area contributed by atoms with Crippen LogP contribution < -0.4 is 10.9 Å². The van der Waals surface area contributed by atoms with Gasteiger partial charge in [-0.2, -0.15) is 28.1 Å². The fourth-order valence-electron chi connectivity index (χ4n) is 3.93. The Labute approximate surface area is 181 Å². The zero-order chi connectivity index (χ0) is 23.0. The lowest BCUT2D eigenvalue weighted by Gasteiger charge is -2.17. The summed E-state index contributed by atoms with van der Waals surface area (Å²) in [7, 11) is 1.67. The Morgan fingerprint density at radius 2 is 1.91 bits per heavy atom. The summed E-state index contributed by atoms with van der Waals surface area (Å²) in [6.07, 6.45) is 1.35. The average Bonchev–Trinajstić information content (AvgIpc) is 3.35. The lowest BCUT2D eigenvalue weighted by atomic mass is 10.0. The monoisotopic (exact) mass is 445 g/mol. The maximum absolute atomic E-state index is 13.1. The quantitative estimate of drug-likeness (QED) is 0.666. The summed E-state index contributed by atoms with van der Waals surface area (Å²) in [5, 5.41) is 11.3. The Morgan fingerprint density at radius 1 is 1.19 bits per heavy atom. The molecule has 7 nitrogen and oxygen atoms in total. The van der Waals surface area contributed by atoms with Crippen LogP contribution in [0.2, 0.25) is 0 Å². The second-order valence-electron chi connectivity index (χ2n) is 8.10. The largest absolute Gasteiger partial charge is 0.416 e. The zero-order valence-electron chi connectivity index (χ0n) is 17.6. The lowest BCUT2D eigenvalue weighted by Crippen LogP contribution is -2.40. The molecular formula is C22H22F3N5O2. The number of halogens is 3. The van der Waals surface area contributed by atoms with Crippen LogP contribution in [0.15, 0.2) is 47.5 Å². The first kappa shape index (κ1) is 21.8. The maximum Gasteiger partial charge on any atom is 0.416 e. The molecule has 3 aromatic rings. The summed E-state index contributed by atoms with van der Waals surface area (Å²) in [5.41, 5.74) is -0.662. The van der Waals surface area contributed by atoms with Crippen molar-refractivity contribution in [1.29, 1.82) is 0 Å². The van der Waals surface area contributed by atoms with Crippen molar-refractivity contribution in [2.24, 2.45) is 13.0 Å². The number of nitrogens with one attached hydrogen (secondary N) is 1. The van der Waals surface area contributed by atoms with Crippen molar-refractivity contribution >= 4 is 5.91 Å². The van der Waals surface area contributed by atoms with Gasteiger partial charge in [0.1, 0.15) is 11.3 Å². The Balaban J connectivity index is 1.79. The van der Waals surface area contributed by atoms with Gasteiger partial charge in [0.25, 0.3) is 11.5 Å². The number of carbonyl (C=O) groups is 1. The van der Waals surface area contributed by atoms with Crippen LogP contribution >= 0.6 is 0 Å². The van der Waals surface area contributed by atoms with Crippen molar-refractivity contribution in [3.8, 4) is 16.9 Å². The van der Waals surface area contributed by atoms with Gasteiger partial charge in [0, 0.05) is 18.7 Å². The van der Waals surface area contributed by atoms with Gasteiger partial charge < -0.3 is 5.32 Å². The van der Waals surface area contributed by atoms with E-state index in [1.807, 2.05) is 6.92 Å². The van der Waals surface area contributed by atoms with E-state index < -0.39 is 23.2 Å². The van der Waals surface area contributed by atoms with E-state index in [0.29, 0.717) is 17.2 Å². The highest BCUT2D eigenvalue weighted by Gasteiger charge is 2.30. The molecule has 32 heavy (non-hydrogen) atoms. The number of rotatable bonds is 4. The number of aryl methyl sites for hydroxylation is 1. The molecule has 0 saturated heterocycles. The van der Waals surface area contributed by atoms with Crippen molar-refractivity contribution in [3.05, 3.63) is 64.2 Å². The molecule has 0 aliphatic heterocycles. The number of nitrogens with zero attached hydrogens (tertiary/aromatic N) is 4. The molecule has 4 rings (SSSR count). The highest BCUT2D eigenvalue weighted by molar-refractivity contribution is 5.95. The molecule has 0 bridgehead atoms. The van der Waals surface area contributed by atoms with Crippen LogP contribution in [-0.2, 0) is 13.2 Å². The molecule has 1 saturated carbocycles. The van der Waals surface area contributed by atoms with Crippen molar-refractivity contribution < 1.29 is 18.0 Å². The molecule has 2 atom stereocenters. The molecule has 2 aromatic heterocycles. The van der Waals surface area contributed by atoms with Gasteiger partial charge in [-0.3, -0.25) is 14.3 Å². The van der Waals surface area contributed by atoms with Crippen LogP contribution in [0.3, 0.4) is 0 Å². The predicted octanol–water partition coefficient (Wildman–Crippen LogP) is 3.57. The summed E-state index contributed by atoms with van der Waals surface area (Å²) in [6, 6.07) is 5.71. The van der Waals surface area contributed by atoms with Gasteiger partial charge in [0.05, 0.1) is 23.7 Å². The number of amides is 1. The minimum absolute atomic E-state index is 0.0311. The van der Waals surface area contributed by atoms with E-state index in [9.17, 15) is 22.8 Å². The molecule has 0 unspecified atom stereocenters. The Hall–Kier alpha value is -3.43. The molecule has 1 aliphatic rings. The second kappa shape index (κ2) is 8.25. The van der Waals surface area contributed by atoms with Gasteiger partial charge in [-0.25, -0.2) is 0 Å². The van der Waals surface area contributed by atoms with Gasteiger partial charge in [0.2, 0.25) is 0 Å².